The average Bonchev–Trinajstić information content (AvgIpc) is 3.02. The number of aliphatic hydroxyl groups is 1. The monoisotopic (exact) mass is 309 g/mol. The molecule has 2 aromatic heterocycles. The Labute approximate surface area is 124 Å². The van der Waals surface area contributed by atoms with E-state index in [1.54, 1.807) is 10.9 Å². The molecule has 0 radical (unpaired) electrons. The number of imidazole rings is 1. The molecular formula is C12H12ClN5O3. The fraction of sp³-hybridized carbons (Fsp3) is 0.500. The summed E-state index contributed by atoms with van der Waals surface area (Å²) in [7, 11) is 0. The molecule has 8 nitrogen and oxygen atoms in total. The molecule has 2 aromatic rings. The van der Waals surface area contributed by atoms with E-state index in [4.69, 9.17) is 16.3 Å². The largest absolute Gasteiger partial charge is 0.449 e. The minimum atomic E-state index is -0.728. The topological polar surface area (TPSA) is 102 Å². The number of amides is 1. The normalized spacial score (nSPS) is 31.8. The fourth-order valence-corrected chi connectivity index (χ4v) is 3.37. The standard InChI is InChI=1S/C12H12ClN5O3/c13-10-8-11(15-3-14-10)18(4-16-8)6-1-5-2-21-12(20)17-7(5)9(6)19/h3-7,9,19H,1-2H2,(H,17,20)/t5-,6-,7+,9-/m0/s1. The lowest BCUT2D eigenvalue weighted by atomic mass is 10.0. The third kappa shape index (κ3) is 1.86. The highest BCUT2D eigenvalue weighted by Gasteiger charge is 2.47. The Morgan fingerprint density at radius 1 is 1.43 bits per heavy atom. The smallest absolute Gasteiger partial charge is 0.407 e. The molecular weight excluding hydrogens is 298 g/mol. The van der Waals surface area contributed by atoms with Crippen LogP contribution in [-0.4, -0.2) is 49.5 Å². The zero-order valence-corrected chi connectivity index (χ0v) is 11.6. The van der Waals surface area contributed by atoms with Gasteiger partial charge >= 0.3 is 6.09 Å². The third-order valence-electron chi connectivity index (χ3n) is 4.20. The zero-order chi connectivity index (χ0) is 14.6. The molecule has 3 heterocycles. The number of nitrogens with one attached hydrogen (secondary N) is 1. The minimum absolute atomic E-state index is 0.0671. The van der Waals surface area contributed by atoms with Gasteiger partial charge in [0.15, 0.2) is 10.8 Å². The molecule has 0 aromatic carbocycles. The van der Waals surface area contributed by atoms with Crippen molar-refractivity contribution in [2.45, 2.75) is 24.6 Å². The number of hydrogen-bond donors (Lipinski definition) is 2. The van der Waals surface area contributed by atoms with Crippen LogP contribution >= 0.6 is 11.6 Å². The number of nitrogens with zero attached hydrogens (tertiary/aromatic N) is 4. The molecule has 4 rings (SSSR count). The van der Waals surface area contributed by atoms with E-state index in [0.29, 0.717) is 24.2 Å². The van der Waals surface area contributed by atoms with Crippen molar-refractivity contribution >= 4 is 28.9 Å². The quantitative estimate of drug-likeness (QED) is 0.744. The van der Waals surface area contributed by atoms with Gasteiger partial charge in [0.05, 0.1) is 31.1 Å². The van der Waals surface area contributed by atoms with Crippen molar-refractivity contribution in [3.05, 3.63) is 17.8 Å². The lowest BCUT2D eigenvalue weighted by Gasteiger charge is -2.27. The zero-order valence-electron chi connectivity index (χ0n) is 10.8. The number of aromatic nitrogens is 4. The average molecular weight is 310 g/mol. The number of fused-ring (bicyclic) bond motifs is 2. The highest BCUT2D eigenvalue weighted by atomic mass is 35.5. The van der Waals surface area contributed by atoms with E-state index < -0.39 is 12.2 Å². The molecule has 0 unspecified atom stereocenters. The van der Waals surface area contributed by atoms with Gasteiger partial charge in [-0.3, -0.25) is 0 Å². The van der Waals surface area contributed by atoms with Crippen LogP contribution in [0.2, 0.25) is 5.15 Å². The SMILES string of the molecule is O=C1N[C@@H]2[C@H](CO1)C[C@H](n1cnc3c(Cl)ncnc31)[C@@H]2O. The van der Waals surface area contributed by atoms with Crippen molar-refractivity contribution in [3.8, 4) is 0 Å². The summed E-state index contributed by atoms with van der Waals surface area (Å²) >= 11 is 5.99. The second-order valence-corrected chi connectivity index (χ2v) is 5.67. The summed E-state index contributed by atoms with van der Waals surface area (Å²) in [4.78, 5) is 23.6. The van der Waals surface area contributed by atoms with Gasteiger partial charge in [0, 0.05) is 5.92 Å². The number of carbonyl (C=O) groups excluding carboxylic acids is 1. The molecule has 1 saturated heterocycles. The molecule has 1 aliphatic heterocycles. The predicted molar refractivity (Wildman–Crippen MR) is 71.8 cm³/mol. The predicted octanol–water partition coefficient (Wildman–Crippen LogP) is 0.510. The summed E-state index contributed by atoms with van der Waals surface area (Å²) in [5.74, 6) is 0.0671. The van der Waals surface area contributed by atoms with Crippen molar-refractivity contribution in [1.82, 2.24) is 24.8 Å². The molecule has 2 fully saturated rings. The summed E-state index contributed by atoms with van der Waals surface area (Å²) in [6.07, 6.45) is 2.41. The van der Waals surface area contributed by atoms with Gasteiger partial charge in [0.1, 0.15) is 11.8 Å². The third-order valence-corrected chi connectivity index (χ3v) is 4.48. The summed E-state index contributed by atoms with van der Waals surface area (Å²) in [6.45, 7) is 0.312. The van der Waals surface area contributed by atoms with Crippen LogP contribution < -0.4 is 5.32 Å². The second-order valence-electron chi connectivity index (χ2n) is 5.31. The van der Waals surface area contributed by atoms with E-state index in [-0.39, 0.29) is 23.2 Å². The van der Waals surface area contributed by atoms with E-state index >= 15 is 0 Å². The molecule has 0 bridgehead atoms. The molecule has 4 atom stereocenters. The van der Waals surface area contributed by atoms with Crippen molar-refractivity contribution in [3.63, 3.8) is 0 Å². The van der Waals surface area contributed by atoms with Gasteiger partial charge in [-0.1, -0.05) is 11.6 Å². The van der Waals surface area contributed by atoms with Crippen LogP contribution in [0.1, 0.15) is 12.5 Å². The molecule has 1 amide bonds. The number of cyclic esters (lactones) is 1. The van der Waals surface area contributed by atoms with E-state index in [9.17, 15) is 9.90 Å². The Morgan fingerprint density at radius 2 is 2.29 bits per heavy atom. The number of rotatable bonds is 1. The van der Waals surface area contributed by atoms with E-state index in [2.05, 4.69) is 20.3 Å². The number of ether oxygens (including phenoxy) is 1. The Hall–Kier alpha value is -1.93. The van der Waals surface area contributed by atoms with E-state index in [1.165, 1.54) is 6.33 Å². The lowest BCUT2D eigenvalue weighted by molar-refractivity contribution is 0.0549. The number of hydrogen-bond acceptors (Lipinski definition) is 6. The molecule has 110 valence electrons. The Bertz CT molecular complexity index is 720. The van der Waals surface area contributed by atoms with Gasteiger partial charge in [-0.25, -0.2) is 19.7 Å². The van der Waals surface area contributed by atoms with Crippen molar-refractivity contribution in [1.29, 1.82) is 0 Å². The Morgan fingerprint density at radius 3 is 3.14 bits per heavy atom. The van der Waals surface area contributed by atoms with Crippen LogP contribution in [0.25, 0.3) is 11.2 Å². The number of aliphatic hydroxyl groups excluding tert-OH is 1. The van der Waals surface area contributed by atoms with Gasteiger partial charge in [0.2, 0.25) is 0 Å². The van der Waals surface area contributed by atoms with Crippen molar-refractivity contribution in [2.24, 2.45) is 5.92 Å². The molecule has 1 aliphatic carbocycles. The van der Waals surface area contributed by atoms with Crippen LogP contribution in [0.15, 0.2) is 12.7 Å². The fourth-order valence-electron chi connectivity index (χ4n) is 3.19. The van der Waals surface area contributed by atoms with Gasteiger partial charge < -0.3 is 19.7 Å². The lowest BCUT2D eigenvalue weighted by Crippen LogP contribution is -2.50. The first kappa shape index (κ1) is 12.8. The van der Waals surface area contributed by atoms with Crippen LogP contribution in [0.5, 0.6) is 0 Å². The highest BCUT2D eigenvalue weighted by molar-refractivity contribution is 6.33. The van der Waals surface area contributed by atoms with Crippen molar-refractivity contribution < 1.29 is 14.6 Å². The molecule has 9 heteroatoms. The molecule has 21 heavy (non-hydrogen) atoms. The number of halogens is 1. The summed E-state index contributed by atoms with van der Waals surface area (Å²) < 4.78 is 6.77. The van der Waals surface area contributed by atoms with Gasteiger partial charge in [0.25, 0.3) is 0 Å². The summed E-state index contributed by atoms with van der Waals surface area (Å²) in [5.41, 5.74) is 1.08. The number of alkyl carbamates (subject to hydrolysis) is 1. The number of carbonyl (C=O) groups is 1. The molecule has 1 saturated carbocycles. The summed E-state index contributed by atoms with van der Waals surface area (Å²) in [6, 6.07) is -0.552. The maximum absolute atomic E-state index is 11.3. The summed E-state index contributed by atoms with van der Waals surface area (Å²) in [5, 5.41) is 13.5. The Kier molecular flexibility index (Phi) is 2.76. The molecule has 2 aliphatic rings. The first-order chi connectivity index (χ1) is 10.1. The Balaban J connectivity index is 1.73. The molecule has 2 N–H and O–H groups in total. The van der Waals surface area contributed by atoms with Gasteiger partial charge in [-0.2, -0.15) is 0 Å². The van der Waals surface area contributed by atoms with Crippen LogP contribution in [-0.2, 0) is 4.74 Å². The van der Waals surface area contributed by atoms with E-state index in [0.717, 1.165) is 0 Å². The maximum atomic E-state index is 11.3. The second kappa shape index (κ2) is 4.54. The maximum Gasteiger partial charge on any atom is 0.407 e. The van der Waals surface area contributed by atoms with Crippen LogP contribution in [0.4, 0.5) is 4.79 Å². The van der Waals surface area contributed by atoms with E-state index in [1.807, 2.05) is 0 Å². The van der Waals surface area contributed by atoms with Gasteiger partial charge in [-0.05, 0) is 6.42 Å². The van der Waals surface area contributed by atoms with Crippen LogP contribution in [0.3, 0.4) is 0 Å². The molecule has 0 spiro atoms. The van der Waals surface area contributed by atoms with Crippen molar-refractivity contribution in [2.75, 3.05) is 6.61 Å². The minimum Gasteiger partial charge on any atom is -0.449 e. The first-order valence-corrected chi connectivity index (χ1v) is 6.97. The van der Waals surface area contributed by atoms with Crippen LogP contribution in [0, 0.1) is 5.92 Å². The van der Waals surface area contributed by atoms with Gasteiger partial charge in [-0.15, -0.1) is 0 Å². The first-order valence-electron chi connectivity index (χ1n) is 6.59. The highest BCUT2D eigenvalue weighted by Crippen LogP contribution is 2.38.